The number of nitrogens with one attached hydrogen (secondary N) is 1. The summed E-state index contributed by atoms with van der Waals surface area (Å²) >= 11 is 0. The number of benzene rings is 1. The van der Waals surface area contributed by atoms with Crippen LogP contribution in [-0.4, -0.2) is 41.6 Å². The quantitative estimate of drug-likeness (QED) is 0.550. The number of carbonyl (C=O) groups is 1. The first-order chi connectivity index (χ1) is 14.1. The number of rotatable bonds is 9. The normalized spacial score (nSPS) is 10.8. The van der Waals surface area contributed by atoms with E-state index in [1.54, 1.807) is 39.9 Å². The second kappa shape index (κ2) is 9.27. The number of methoxy groups -OCH3 is 3. The molecule has 1 aromatic carbocycles. The zero-order valence-electron chi connectivity index (χ0n) is 17.2. The Morgan fingerprint density at radius 2 is 1.83 bits per heavy atom. The highest BCUT2D eigenvalue weighted by molar-refractivity contribution is 5.95. The molecule has 29 heavy (non-hydrogen) atoms. The number of carbonyl (C=O) groups excluding carboxylic acids is 1. The van der Waals surface area contributed by atoms with Crippen molar-refractivity contribution in [2.45, 2.75) is 32.6 Å². The van der Waals surface area contributed by atoms with E-state index in [9.17, 15) is 4.79 Å². The number of aromatic nitrogens is 3. The molecule has 2 aromatic heterocycles. The molecule has 0 saturated carbocycles. The van der Waals surface area contributed by atoms with Crippen molar-refractivity contribution in [3.8, 4) is 28.5 Å². The minimum absolute atomic E-state index is 0.0502. The number of anilines is 1. The Morgan fingerprint density at radius 3 is 2.45 bits per heavy atom. The lowest BCUT2D eigenvalue weighted by Crippen LogP contribution is -2.13. The van der Waals surface area contributed by atoms with Gasteiger partial charge in [-0.2, -0.15) is 0 Å². The third-order valence-corrected chi connectivity index (χ3v) is 4.63. The summed E-state index contributed by atoms with van der Waals surface area (Å²) in [6.45, 7) is 2.11. The third kappa shape index (κ3) is 4.26. The molecule has 0 aliphatic rings. The van der Waals surface area contributed by atoms with Gasteiger partial charge in [0.15, 0.2) is 17.1 Å². The Hall–Kier alpha value is -3.29. The first kappa shape index (κ1) is 20.4. The minimum atomic E-state index is -0.0502. The molecule has 0 unspecified atom stereocenters. The van der Waals surface area contributed by atoms with Gasteiger partial charge in [-0.3, -0.25) is 14.2 Å². The van der Waals surface area contributed by atoms with Crippen LogP contribution >= 0.6 is 0 Å². The fourth-order valence-electron chi connectivity index (χ4n) is 3.18. The van der Waals surface area contributed by atoms with Crippen LogP contribution in [0.25, 0.3) is 16.9 Å². The van der Waals surface area contributed by atoms with Crippen LogP contribution in [0.4, 0.5) is 5.82 Å². The van der Waals surface area contributed by atoms with Crippen LogP contribution in [0.2, 0.25) is 0 Å². The molecule has 8 nitrogen and oxygen atoms in total. The summed E-state index contributed by atoms with van der Waals surface area (Å²) in [5, 5.41) is 3.02. The monoisotopic (exact) mass is 398 g/mol. The molecule has 2 heterocycles. The van der Waals surface area contributed by atoms with Crippen LogP contribution < -0.4 is 19.5 Å². The van der Waals surface area contributed by atoms with E-state index in [-0.39, 0.29) is 5.91 Å². The number of amides is 1. The van der Waals surface area contributed by atoms with Gasteiger partial charge < -0.3 is 19.5 Å². The molecular weight excluding hydrogens is 372 g/mol. The molecule has 8 heteroatoms. The summed E-state index contributed by atoms with van der Waals surface area (Å²) < 4.78 is 18.1. The maximum Gasteiger partial charge on any atom is 0.225 e. The smallest absolute Gasteiger partial charge is 0.225 e. The van der Waals surface area contributed by atoms with Crippen molar-refractivity contribution in [2.75, 3.05) is 26.6 Å². The second-order valence-electron chi connectivity index (χ2n) is 6.53. The Labute approximate surface area is 169 Å². The van der Waals surface area contributed by atoms with E-state index >= 15 is 0 Å². The number of fused-ring (bicyclic) bond motifs is 1. The van der Waals surface area contributed by atoms with E-state index in [0.717, 1.165) is 24.8 Å². The van der Waals surface area contributed by atoms with Crippen molar-refractivity contribution in [3.05, 3.63) is 30.7 Å². The third-order valence-electron chi connectivity index (χ3n) is 4.63. The average Bonchev–Trinajstić information content (AvgIpc) is 3.11. The fourth-order valence-corrected chi connectivity index (χ4v) is 3.18. The van der Waals surface area contributed by atoms with Crippen LogP contribution in [0.3, 0.4) is 0 Å². The zero-order chi connectivity index (χ0) is 20.8. The van der Waals surface area contributed by atoms with Crippen molar-refractivity contribution < 1.29 is 19.0 Å². The number of unbranched alkanes of at least 4 members (excludes halogenated alkanes) is 2. The molecule has 1 amide bonds. The number of hydrogen-bond acceptors (Lipinski definition) is 6. The van der Waals surface area contributed by atoms with Crippen LogP contribution in [0.15, 0.2) is 30.7 Å². The number of ether oxygens (including phenoxy) is 3. The highest BCUT2D eigenvalue weighted by Crippen LogP contribution is 2.42. The van der Waals surface area contributed by atoms with E-state index in [1.807, 2.05) is 16.5 Å². The highest BCUT2D eigenvalue weighted by Gasteiger charge is 2.20. The summed E-state index contributed by atoms with van der Waals surface area (Å²) in [7, 11) is 4.68. The van der Waals surface area contributed by atoms with Crippen molar-refractivity contribution in [1.82, 2.24) is 14.4 Å². The number of hydrogen-bond donors (Lipinski definition) is 1. The van der Waals surface area contributed by atoms with Gasteiger partial charge in [0.25, 0.3) is 0 Å². The standard InChI is InChI=1S/C21H26N4O4/c1-5-6-7-8-18(26)24-21-19(23-17-13-22-9-10-25(17)21)14-11-15(27-2)20(29-4)16(12-14)28-3/h9-13H,5-8H2,1-4H3,(H,24,26). The Morgan fingerprint density at radius 1 is 1.10 bits per heavy atom. The predicted octanol–water partition coefficient (Wildman–Crippen LogP) is 3.94. The molecule has 3 aromatic rings. The van der Waals surface area contributed by atoms with E-state index in [2.05, 4.69) is 22.2 Å². The van der Waals surface area contributed by atoms with Gasteiger partial charge >= 0.3 is 0 Å². The van der Waals surface area contributed by atoms with Crippen molar-refractivity contribution in [3.63, 3.8) is 0 Å². The van der Waals surface area contributed by atoms with E-state index in [1.165, 1.54) is 0 Å². The van der Waals surface area contributed by atoms with Gasteiger partial charge in [-0.25, -0.2) is 4.98 Å². The van der Waals surface area contributed by atoms with Gasteiger partial charge in [0.2, 0.25) is 11.7 Å². The minimum Gasteiger partial charge on any atom is -0.493 e. The molecule has 0 radical (unpaired) electrons. The van der Waals surface area contributed by atoms with Crippen LogP contribution in [-0.2, 0) is 4.79 Å². The SMILES string of the molecule is CCCCCC(=O)Nc1c(-c2cc(OC)c(OC)c(OC)c2)nc2cnccn12. The topological polar surface area (TPSA) is 87.0 Å². The summed E-state index contributed by atoms with van der Waals surface area (Å²) in [6, 6.07) is 3.62. The molecule has 0 saturated heterocycles. The van der Waals surface area contributed by atoms with Gasteiger partial charge in [0, 0.05) is 24.4 Å². The molecular formula is C21H26N4O4. The average molecular weight is 398 g/mol. The summed E-state index contributed by atoms with van der Waals surface area (Å²) in [4.78, 5) is 21.3. The van der Waals surface area contributed by atoms with Crippen LogP contribution in [0.5, 0.6) is 17.2 Å². The first-order valence-corrected chi connectivity index (χ1v) is 9.55. The van der Waals surface area contributed by atoms with Gasteiger partial charge in [-0.1, -0.05) is 19.8 Å². The van der Waals surface area contributed by atoms with Crippen molar-refractivity contribution >= 4 is 17.4 Å². The lowest BCUT2D eigenvalue weighted by molar-refractivity contribution is -0.116. The molecule has 1 N–H and O–H groups in total. The van der Waals surface area contributed by atoms with Crippen molar-refractivity contribution in [1.29, 1.82) is 0 Å². The summed E-state index contributed by atoms with van der Waals surface area (Å²) in [5.74, 6) is 2.05. The molecule has 3 rings (SSSR count). The summed E-state index contributed by atoms with van der Waals surface area (Å²) in [6.07, 6.45) is 8.45. The maximum absolute atomic E-state index is 12.5. The highest BCUT2D eigenvalue weighted by atomic mass is 16.5. The Kier molecular flexibility index (Phi) is 6.54. The zero-order valence-corrected chi connectivity index (χ0v) is 17.2. The molecule has 0 spiro atoms. The number of imidazole rings is 1. The molecule has 0 atom stereocenters. The number of nitrogens with zero attached hydrogens (tertiary/aromatic N) is 3. The predicted molar refractivity (Wildman–Crippen MR) is 111 cm³/mol. The van der Waals surface area contributed by atoms with E-state index in [0.29, 0.717) is 40.8 Å². The largest absolute Gasteiger partial charge is 0.493 e. The lowest BCUT2D eigenvalue weighted by Gasteiger charge is -2.14. The van der Waals surface area contributed by atoms with Crippen LogP contribution in [0, 0.1) is 0 Å². The molecule has 0 fully saturated rings. The molecule has 0 bridgehead atoms. The maximum atomic E-state index is 12.5. The van der Waals surface area contributed by atoms with E-state index in [4.69, 9.17) is 14.2 Å². The Bertz CT molecular complexity index is 975. The molecule has 0 aliphatic carbocycles. The first-order valence-electron chi connectivity index (χ1n) is 9.55. The van der Waals surface area contributed by atoms with Gasteiger partial charge in [-0.15, -0.1) is 0 Å². The van der Waals surface area contributed by atoms with Crippen LogP contribution in [0.1, 0.15) is 32.6 Å². The molecule has 0 aliphatic heterocycles. The van der Waals surface area contributed by atoms with E-state index < -0.39 is 0 Å². The van der Waals surface area contributed by atoms with Gasteiger partial charge in [0.05, 0.1) is 27.5 Å². The molecule has 154 valence electrons. The van der Waals surface area contributed by atoms with Crippen molar-refractivity contribution in [2.24, 2.45) is 0 Å². The Balaban J connectivity index is 2.09. The second-order valence-corrected chi connectivity index (χ2v) is 6.53. The van der Waals surface area contributed by atoms with Gasteiger partial charge in [0.1, 0.15) is 11.5 Å². The lowest BCUT2D eigenvalue weighted by atomic mass is 10.1. The summed E-state index contributed by atoms with van der Waals surface area (Å²) in [5.41, 5.74) is 1.95. The fraction of sp³-hybridized carbons (Fsp3) is 0.381. The van der Waals surface area contributed by atoms with Gasteiger partial charge in [-0.05, 0) is 18.6 Å².